The lowest BCUT2D eigenvalue weighted by Gasteiger charge is -2.14. The van der Waals surface area contributed by atoms with Crippen LogP contribution in [-0.2, 0) is 4.79 Å². The number of benzene rings is 4. The highest BCUT2D eigenvalue weighted by molar-refractivity contribution is 7.99. The smallest absolute Gasteiger partial charge is 0.272 e. The van der Waals surface area contributed by atoms with Gasteiger partial charge in [0.15, 0.2) is 0 Å². The monoisotopic (exact) mass is 551 g/mol. The number of amides is 4. The number of anilines is 1. The molecule has 0 saturated carbocycles. The Hall–Kier alpha value is -5.02. The molecule has 0 aliphatic carbocycles. The van der Waals surface area contributed by atoms with Crippen molar-refractivity contribution in [3.8, 4) is 0 Å². The summed E-state index contributed by atoms with van der Waals surface area (Å²) in [5.41, 5.74) is 1.57. The molecule has 5 rings (SSSR count). The fourth-order valence-corrected chi connectivity index (χ4v) is 4.86. The summed E-state index contributed by atoms with van der Waals surface area (Å²) in [6.07, 6.45) is 1.28. The molecule has 1 aliphatic heterocycles. The van der Waals surface area contributed by atoms with Gasteiger partial charge in [0.05, 0.1) is 17.0 Å². The number of nitrogens with one attached hydrogen (secondary N) is 2. The highest BCUT2D eigenvalue weighted by Gasteiger charge is 2.34. The van der Waals surface area contributed by atoms with Crippen LogP contribution in [0.5, 0.6) is 0 Å². The molecule has 9 heteroatoms. The number of carbonyl (C=O) groups excluding carboxylic acids is 4. The minimum Gasteiger partial charge on any atom is -0.321 e. The summed E-state index contributed by atoms with van der Waals surface area (Å²) in [5, 5.41) is 5.29. The van der Waals surface area contributed by atoms with Gasteiger partial charge in [0.2, 0.25) is 0 Å². The molecule has 1 heterocycles. The average Bonchev–Trinajstić information content (AvgIpc) is 3.22. The summed E-state index contributed by atoms with van der Waals surface area (Å²) in [6, 6.07) is 27.8. The van der Waals surface area contributed by atoms with E-state index in [0.29, 0.717) is 22.4 Å². The van der Waals surface area contributed by atoms with Gasteiger partial charge in [-0.15, -0.1) is 11.8 Å². The van der Waals surface area contributed by atoms with Crippen LogP contribution in [0.25, 0.3) is 6.08 Å². The standard InChI is InChI=1S/C31H22FN3O4S/c32-26-13-7-4-10-21(26)18-27(34-28(36)20-8-2-1-3-9-20)29(37)33-22-14-16-23(17-15-22)40-19-35-30(38)24-11-5-6-12-25(24)31(35)39/h1-18H,19H2,(H,33,37)(H,34,36)/b27-18-. The maximum Gasteiger partial charge on any atom is 0.272 e. The van der Waals surface area contributed by atoms with Gasteiger partial charge in [-0.3, -0.25) is 24.1 Å². The third kappa shape index (κ3) is 5.84. The number of thioether (sulfide) groups is 1. The van der Waals surface area contributed by atoms with Gasteiger partial charge in [-0.1, -0.05) is 48.5 Å². The minimum absolute atomic E-state index is 0.136. The topological polar surface area (TPSA) is 95.6 Å². The Labute approximate surface area is 233 Å². The Bertz CT molecular complexity index is 1600. The first-order chi connectivity index (χ1) is 19.4. The SMILES string of the molecule is O=C(Nc1ccc(SCN2C(=O)c3ccccc3C2=O)cc1)/C(=C/c1ccccc1F)NC(=O)c1ccccc1. The van der Waals surface area contributed by atoms with Crippen LogP contribution in [0.1, 0.15) is 36.6 Å². The second-order valence-corrected chi connectivity index (χ2v) is 9.75. The van der Waals surface area contributed by atoms with Crippen LogP contribution in [0.3, 0.4) is 0 Å². The molecule has 2 N–H and O–H groups in total. The lowest BCUT2D eigenvalue weighted by Crippen LogP contribution is -2.30. The molecule has 0 aromatic heterocycles. The van der Waals surface area contributed by atoms with E-state index in [-0.39, 0.29) is 29.0 Å². The zero-order valence-electron chi connectivity index (χ0n) is 21.0. The zero-order valence-corrected chi connectivity index (χ0v) is 21.8. The van der Waals surface area contributed by atoms with Crippen LogP contribution < -0.4 is 10.6 Å². The molecule has 1 aliphatic rings. The first-order valence-electron chi connectivity index (χ1n) is 12.2. The highest BCUT2D eigenvalue weighted by atomic mass is 32.2. The Morgan fingerprint density at radius 1 is 0.775 bits per heavy atom. The summed E-state index contributed by atoms with van der Waals surface area (Å²) in [4.78, 5) is 53.0. The van der Waals surface area contributed by atoms with E-state index in [0.717, 1.165) is 4.90 Å². The van der Waals surface area contributed by atoms with E-state index < -0.39 is 17.6 Å². The van der Waals surface area contributed by atoms with Crippen LogP contribution in [0.15, 0.2) is 114 Å². The van der Waals surface area contributed by atoms with Crippen molar-refractivity contribution in [3.63, 3.8) is 0 Å². The summed E-state index contributed by atoms with van der Waals surface area (Å²) in [6.45, 7) is 0. The first kappa shape index (κ1) is 26.6. The average molecular weight is 552 g/mol. The van der Waals surface area contributed by atoms with Gasteiger partial charge in [0.1, 0.15) is 11.5 Å². The van der Waals surface area contributed by atoms with E-state index >= 15 is 0 Å². The molecule has 0 unspecified atom stereocenters. The summed E-state index contributed by atoms with van der Waals surface area (Å²) in [7, 11) is 0. The molecule has 40 heavy (non-hydrogen) atoms. The zero-order chi connectivity index (χ0) is 28.1. The Balaban J connectivity index is 1.27. The molecular formula is C31H22FN3O4S. The molecule has 4 aromatic carbocycles. The van der Waals surface area contributed by atoms with Gasteiger partial charge in [-0.25, -0.2) is 4.39 Å². The number of carbonyl (C=O) groups is 4. The number of rotatable bonds is 8. The second-order valence-electron chi connectivity index (χ2n) is 8.74. The molecule has 4 aromatic rings. The van der Waals surface area contributed by atoms with Gasteiger partial charge in [0.25, 0.3) is 23.6 Å². The van der Waals surface area contributed by atoms with Gasteiger partial charge in [-0.2, -0.15) is 0 Å². The number of nitrogens with zero attached hydrogens (tertiary/aromatic N) is 1. The van der Waals surface area contributed by atoms with Crippen molar-refractivity contribution in [2.75, 3.05) is 11.2 Å². The first-order valence-corrected chi connectivity index (χ1v) is 13.2. The fraction of sp³-hybridized carbons (Fsp3) is 0.0323. The van der Waals surface area contributed by atoms with Crippen molar-refractivity contribution in [2.45, 2.75) is 4.90 Å². The van der Waals surface area contributed by atoms with Crippen molar-refractivity contribution in [1.29, 1.82) is 0 Å². The Kier molecular flexibility index (Phi) is 7.84. The van der Waals surface area contributed by atoms with Crippen LogP contribution in [0.2, 0.25) is 0 Å². The molecule has 0 saturated heterocycles. The Morgan fingerprint density at radius 3 is 2.02 bits per heavy atom. The Morgan fingerprint density at radius 2 is 1.38 bits per heavy atom. The number of hydrogen-bond acceptors (Lipinski definition) is 5. The summed E-state index contributed by atoms with van der Waals surface area (Å²) < 4.78 is 14.3. The number of hydrogen-bond donors (Lipinski definition) is 2. The quantitative estimate of drug-likeness (QED) is 0.169. The fourth-order valence-electron chi connectivity index (χ4n) is 4.02. The van der Waals surface area contributed by atoms with Gasteiger partial charge in [-0.05, 0) is 60.7 Å². The normalized spacial score (nSPS) is 12.7. The van der Waals surface area contributed by atoms with E-state index in [2.05, 4.69) is 10.6 Å². The van der Waals surface area contributed by atoms with Crippen molar-refractivity contribution in [2.24, 2.45) is 0 Å². The van der Waals surface area contributed by atoms with Gasteiger partial charge in [0, 0.05) is 21.7 Å². The van der Waals surface area contributed by atoms with Crippen molar-refractivity contribution in [1.82, 2.24) is 10.2 Å². The molecule has 4 amide bonds. The molecule has 0 fully saturated rings. The molecule has 198 valence electrons. The van der Waals surface area contributed by atoms with Crippen molar-refractivity contribution in [3.05, 3.63) is 137 Å². The van der Waals surface area contributed by atoms with Crippen molar-refractivity contribution >= 4 is 47.2 Å². The van der Waals surface area contributed by atoms with E-state index in [1.807, 2.05) is 0 Å². The maximum absolute atomic E-state index is 14.3. The van der Waals surface area contributed by atoms with E-state index in [1.54, 1.807) is 84.9 Å². The molecule has 7 nitrogen and oxygen atoms in total. The molecule has 0 atom stereocenters. The van der Waals surface area contributed by atoms with Gasteiger partial charge >= 0.3 is 0 Å². The summed E-state index contributed by atoms with van der Waals surface area (Å²) in [5.74, 6) is -2.22. The molecule has 0 radical (unpaired) electrons. The number of halogens is 1. The summed E-state index contributed by atoms with van der Waals surface area (Å²) >= 11 is 1.30. The van der Waals surface area contributed by atoms with E-state index in [4.69, 9.17) is 0 Å². The largest absolute Gasteiger partial charge is 0.321 e. The maximum atomic E-state index is 14.3. The predicted molar refractivity (Wildman–Crippen MR) is 151 cm³/mol. The van der Waals surface area contributed by atoms with E-state index in [9.17, 15) is 23.6 Å². The number of fused-ring (bicyclic) bond motifs is 1. The van der Waals surface area contributed by atoms with Crippen LogP contribution in [0, 0.1) is 5.82 Å². The molecule has 0 spiro atoms. The van der Waals surface area contributed by atoms with Crippen LogP contribution >= 0.6 is 11.8 Å². The minimum atomic E-state index is -0.640. The lowest BCUT2D eigenvalue weighted by molar-refractivity contribution is -0.113. The molecular weight excluding hydrogens is 529 g/mol. The van der Waals surface area contributed by atoms with E-state index in [1.165, 1.54) is 40.9 Å². The third-order valence-corrected chi connectivity index (χ3v) is 7.08. The van der Waals surface area contributed by atoms with Crippen molar-refractivity contribution < 1.29 is 23.6 Å². The molecule has 0 bridgehead atoms. The highest BCUT2D eigenvalue weighted by Crippen LogP contribution is 2.28. The lowest BCUT2D eigenvalue weighted by atomic mass is 10.1. The third-order valence-electron chi connectivity index (χ3n) is 6.08. The predicted octanol–water partition coefficient (Wildman–Crippen LogP) is 5.58. The van der Waals surface area contributed by atoms with Crippen LogP contribution in [0.4, 0.5) is 10.1 Å². The van der Waals surface area contributed by atoms with Crippen LogP contribution in [-0.4, -0.2) is 34.4 Å². The van der Waals surface area contributed by atoms with Gasteiger partial charge < -0.3 is 10.6 Å². The second kappa shape index (κ2) is 11.8. The number of imide groups is 1.